The summed E-state index contributed by atoms with van der Waals surface area (Å²) < 4.78 is 28.3. The molecule has 0 unspecified atom stereocenters. The van der Waals surface area contributed by atoms with Crippen LogP contribution in [0.25, 0.3) is 5.82 Å². The zero-order chi connectivity index (χ0) is 13.2. The maximum absolute atomic E-state index is 11.6. The van der Waals surface area contributed by atoms with Gasteiger partial charge in [-0.15, -0.1) is 0 Å². The Morgan fingerprint density at radius 2 is 2.11 bits per heavy atom. The van der Waals surface area contributed by atoms with Crippen LogP contribution in [0.15, 0.2) is 31.1 Å². The van der Waals surface area contributed by atoms with Crippen molar-refractivity contribution in [1.82, 2.24) is 23.8 Å². The topological polar surface area (TPSA) is 93.0 Å². The Morgan fingerprint density at radius 3 is 2.72 bits per heavy atom. The summed E-state index contributed by atoms with van der Waals surface area (Å²) in [6.45, 7) is 0. The molecule has 1 N–H and O–H groups in total. The molecule has 2 aromatic rings. The number of rotatable bonds is 4. The van der Waals surface area contributed by atoms with Crippen molar-refractivity contribution in [3.8, 4) is 5.82 Å². The van der Waals surface area contributed by atoms with E-state index in [1.165, 1.54) is 26.5 Å². The molecule has 0 aliphatic carbocycles. The van der Waals surface area contributed by atoms with Gasteiger partial charge in [-0.25, -0.2) is 15.0 Å². The van der Waals surface area contributed by atoms with Crippen LogP contribution in [0.5, 0.6) is 0 Å². The van der Waals surface area contributed by atoms with Gasteiger partial charge in [0.05, 0.1) is 0 Å². The lowest BCUT2D eigenvalue weighted by atomic mass is 10.5. The minimum Gasteiger partial charge on any atom is -0.290 e. The summed E-state index contributed by atoms with van der Waals surface area (Å²) in [5, 5.41) is 0. The lowest BCUT2D eigenvalue weighted by Crippen LogP contribution is -2.29. The Hall–Kier alpha value is -2.00. The molecule has 0 spiro atoms. The molecule has 0 atom stereocenters. The molecule has 0 saturated carbocycles. The second-order valence-corrected chi connectivity index (χ2v) is 5.51. The Balaban J connectivity index is 2.29. The number of hydrogen-bond donors (Lipinski definition) is 1. The molecule has 8 nitrogen and oxygen atoms in total. The highest BCUT2D eigenvalue weighted by Gasteiger charge is 2.14. The fourth-order valence-corrected chi connectivity index (χ4v) is 1.72. The van der Waals surface area contributed by atoms with E-state index in [-0.39, 0.29) is 5.82 Å². The number of imidazole rings is 1. The highest BCUT2D eigenvalue weighted by Crippen LogP contribution is 2.10. The molecule has 2 aromatic heterocycles. The molecule has 0 radical (unpaired) electrons. The summed E-state index contributed by atoms with van der Waals surface area (Å²) >= 11 is 0. The van der Waals surface area contributed by atoms with E-state index < -0.39 is 10.2 Å². The van der Waals surface area contributed by atoms with Crippen molar-refractivity contribution < 1.29 is 8.42 Å². The summed E-state index contributed by atoms with van der Waals surface area (Å²) in [4.78, 5) is 11.8. The lowest BCUT2D eigenvalue weighted by molar-refractivity contribution is 0.526. The Morgan fingerprint density at radius 1 is 1.33 bits per heavy atom. The van der Waals surface area contributed by atoms with Crippen LogP contribution in [0.2, 0.25) is 0 Å². The summed E-state index contributed by atoms with van der Waals surface area (Å²) in [5.41, 5.74) is 0. The van der Waals surface area contributed by atoms with Gasteiger partial charge >= 0.3 is 10.2 Å². The van der Waals surface area contributed by atoms with Crippen LogP contribution in [-0.2, 0) is 10.2 Å². The highest BCUT2D eigenvalue weighted by molar-refractivity contribution is 7.90. The van der Waals surface area contributed by atoms with E-state index in [1.807, 2.05) is 0 Å². The predicted octanol–water partition coefficient (Wildman–Crippen LogP) is -0.119. The van der Waals surface area contributed by atoms with Crippen LogP contribution >= 0.6 is 0 Å². The fourth-order valence-electron chi connectivity index (χ4n) is 1.16. The van der Waals surface area contributed by atoms with Gasteiger partial charge in [0, 0.05) is 32.6 Å². The van der Waals surface area contributed by atoms with Crippen LogP contribution in [-0.4, -0.2) is 46.3 Å². The third-order valence-electron chi connectivity index (χ3n) is 2.14. The second kappa shape index (κ2) is 4.70. The van der Waals surface area contributed by atoms with Crippen molar-refractivity contribution in [2.75, 3.05) is 18.8 Å². The quantitative estimate of drug-likeness (QED) is 0.834. The van der Waals surface area contributed by atoms with Gasteiger partial charge in [0.25, 0.3) is 0 Å². The smallest absolute Gasteiger partial charge is 0.290 e. The van der Waals surface area contributed by atoms with Gasteiger partial charge in [-0.3, -0.25) is 9.29 Å². The van der Waals surface area contributed by atoms with Crippen LogP contribution < -0.4 is 4.72 Å². The van der Waals surface area contributed by atoms with Gasteiger partial charge in [0.2, 0.25) is 0 Å². The van der Waals surface area contributed by atoms with Crippen molar-refractivity contribution in [1.29, 1.82) is 0 Å². The van der Waals surface area contributed by atoms with Crippen LogP contribution in [0, 0.1) is 0 Å². The number of hydrogen-bond acceptors (Lipinski definition) is 5. The number of nitrogens with one attached hydrogen (secondary N) is 1. The summed E-state index contributed by atoms with van der Waals surface area (Å²) in [6, 6.07) is 1.52. The molecule has 0 amide bonds. The fraction of sp³-hybridized carbons (Fsp3) is 0.222. The van der Waals surface area contributed by atoms with Gasteiger partial charge in [-0.1, -0.05) is 0 Å². The predicted molar refractivity (Wildman–Crippen MR) is 65.4 cm³/mol. The first-order valence-corrected chi connectivity index (χ1v) is 6.44. The number of anilines is 1. The Kier molecular flexibility index (Phi) is 3.26. The average Bonchev–Trinajstić information content (AvgIpc) is 2.82. The molecule has 2 rings (SSSR count). The van der Waals surface area contributed by atoms with Crippen molar-refractivity contribution in [3.05, 3.63) is 31.1 Å². The first-order valence-electron chi connectivity index (χ1n) is 5.00. The minimum atomic E-state index is -3.57. The third-order valence-corrected chi connectivity index (χ3v) is 3.56. The maximum atomic E-state index is 11.6. The first kappa shape index (κ1) is 12.5. The molecule has 0 saturated heterocycles. The van der Waals surface area contributed by atoms with E-state index in [2.05, 4.69) is 19.7 Å². The Labute approximate surface area is 105 Å². The lowest BCUT2D eigenvalue weighted by Gasteiger charge is -2.12. The summed E-state index contributed by atoms with van der Waals surface area (Å²) in [5.74, 6) is 0.723. The van der Waals surface area contributed by atoms with Crippen LogP contribution in [0.1, 0.15) is 0 Å². The molecule has 2 heterocycles. The van der Waals surface area contributed by atoms with E-state index in [4.69, 9.17) is 0 Å². The molecular weight excluding hydrogens is 256 g/mol. The minimum absolute atomic E-state index is 0.197. The molecule has 0 aliphatic rings. The Bertz CT molecular complexity index is 622. The number of nitrogens with zero attached hydrogens (tertiary/aromatic N) is 5. The van der Waals surface area contributed by atoms with Crippen LogP contribution in [0.3, 0.4) is 0 Å². The zero-order valence-corrected chi connectivity index (χ0v) is 10.7. The van der Waals surface area contributed by atoms with E-state index in [0.717, 1.165) is 4.31 Å². The van der Waals surface area contributed by atoms with E-state index in [1.54, 1.807) is 23.3 Å². The van der Waals surface area contributed by atoms with Crippen molar-refractivity contribution in [3.63, 3.8) is 0 Å². The molecule has 0 aliphatic heterocycles. The molecule has 0 aromatic carbocycles. The third kappa shape index (κ3) is 2.63. The second-order valence-electron chi connectivity index (χ2n) is 3.62. The molecule has 96 valence electrons. The molecule has 9 heteroatoms. The normalized spacial score (nSPS) is 11.7. The zero-order valence-electron chi connectivity index (χ0n) is 9.85. The average molecular weight is 268 g/mol. The van der Waals surface area contributed by atoms with Crippen molar-refractivity contribution in [2.24, 2.45) is 0 Å². The SMILES string of the molecule is CN(C)S(=O)(=O)Nc1cc(-n2ccnc2)ncn1. The number of aromatic nitrogens is 4. The van der Waals surface area contributed by atoms with E-state index >= 15 is 0 Å². The molecular formula is C9H12N6O2S. The molecule has 0 bridgehead atoms. The molecule has 0 fully saturated rings. The van der Waals surface area contributed by atoms with Gasteiger partial charge in [0.1, 0.15) is 24.3 Å². The highest BCUT2D eigenvalue weighted by atomic mass is 32.2. The van der Waals surface area contributed by atoms with Crippen molar-refractivity contribution >= 4 is 16.0 Å². The van der Waals surface area contributed by atoms with Gasteiger partial charge in [0.15, 0.2) is 0 Å². The standard InChI is InChI=1S/C9H12N6O2S/c1-14(2)18(16,17)13-8-5-9(12-6-11-8)15-4-3-10-7-15/h3-7H,1-2H3,(H,11,12,13). The van der Waals surface area contributed by atoms with Gasteiger partial charge < -0.3 is 0 Å². The van der Waals surface area contributed by atoms with E-state index in [9.17, 15) is 8.42 Å². The first-order chi connectivity index (χ1) is 8.49. The summed E-state index contributed by atoms with van der Waals surface area (Å²) in [7, 11) is -0.707. The largest absolute Gasteiger partial charge is 0.302 e. The van der Waals surface area contributed by atoms with E-state index in [0.29, 0.717) is 5.82 Å². The summed E-state index contributed by atoms with van der Waals surface area (Å²) in [6.07, 6.45) is 6.15. The van der Waals surface area contributed by atoms with Crippen molar-refractivity contribution in [2.45, 2.75) is 0 Å². The van der Waals surface area contributed by atoms with Gasteiger partial charge in [-0.2, -0.15) is 12.7 Å². The van der Waals surface area contributed by atoms with Crippen LogP contribution in [0.4, 0.5) is 5.82 Å². The monoisotopic (exact) mass is 268 g/mol. The maximum Gasteiger partial charge on any atom is 0.302 e. The van der Waals surface area contributed by atoms with Gasteiger partial charge in [-0.05, 0) is 0 Å². The molecule has 18 heavy (non-hydrogen) atoms.